The highest BCUT2D eigenvalue weighted by Gasteiger charge is 2.13. The van der Waals surface area contributed by atoms with Gasteiger partial charge < -0.3 is 4.74 Å². The molecule has 0 spiro atoms. The summed E-state index contributed by atoms with van der Waals surface area (Å²) in [6.45, 7) is 0. The van der Waals surface area contributed by atoms with Gasteiger partial charge in [-0.05, 0) is 12.1 Å². The van der Waals surface area contributed by atoms with Gasteiger partial charge in [0, 0.05) is 29.7 Å². The van der Waals surface area contributed by atoms with Crippen molar-refractivity contribution >= 4 is 17.4 Å². The number of ketones is 1. The summed E-state index contributed by atoms with van der Waals surface area (Å²) in [5.41, 5.74) is 0.828. The van der Waals surface area contributed by atoms with Crippen LogP contribution >= 0.6 is 11.6 Å². The summed E-state index contributed by atoms with van der Waals surface area (Å²) in [6.07, 6.45) is 5.96. The quantitative estimate of drug-likeness (QED) is 0.783. The lowest BCUT2D eigenvalue weighted by Gasteiger charge is -2.04. The van der Waals surface area contributed by atoms with Crippen LogP contribution in [0.1, 0.15) is 15.9 Å². The Labute approximate surface area is 103 Å². The summed E-state index contributed by atoms with van der Waals surface area (Å²) < 4.78 is 5.01. The monoisotopic (exact) mass is 248 g/mol. The summed E-state index contributed by atoms with van der Waals surface area (Å²) in [7, 11) is 1.52. The third-order valence-corrected chi connectivity index (χ3v) is 2.53. The maximum atomic E-state index is 12.1. The van der Waals surface area contributed by atoms with E-state index in [1.165, 1.54) is 31.9 Å². The van der Waals surface area contributed by atoms with Crippen LogP contribution < -0.4 is 4.74 Å². The van der Waals surface area contributed by atoms with Gasteiger partial charge >= 0.3 is 0 Å². The number of hydrogen-bond donors (Lipinski definition) is 0. The molecule has 0 aliphatic carbocycles. The van der Waals surface area contributed by atoms with Crippen LogP contribution in [0.25, 0.3) is 0 Å². The molecule has 0 aliphatic rings. The fraction of sp³-hybridized carbons (Fsp3) is 0.0833. The van der Waals surface area contributed by atoms with Crippen LogP contribution in [0.15, 0.2) is 36.9 Å². The molecule has 0 N–H and O–H groups in total. The van der Waals surface area contributed by atoms with E-state index in [4.69, 9.17) is 16.3 Å². The predicted octanol–water partition coefficient (Wildman–Crippen LogP) is 2.37. The van der Waals surface area contributed by atoms with Gasteiger partial charge in [-0.2, -0.15) is 0 Å². The van der Waals surface area contributed by atoms with Crippen molar-refractivity contribution in [2.24, 2.45) is 0 Å². The van der Waals surface area contributed by atoms with Gasteiger partial charge in [-0.25, -0.2) is 0 Å². The molecule has 0 saturated heterocycles. The van der Waals surface area contributed by atoms with E-state index in [1.54, 1.807) is 12.1 Å². The van der Waals surface area contributed by atoms with Gasteiger partial charge in [0.1, 0.15) is 5.75 Å². The van der Waals surface area contributed by atoms with Crippen molar-refractivity contribution in [2.75, 3.05) is 7.11 Å². The lowest BCUT2D eigenvalue weighted by atomic mass is 10.1. The summed E-state index contributed by atoms with van der Waals surface area (Å²) in [5, 5.41) is 0.320. The van der Waals surface area contributed by atoms with Gasteiger partial charge in [0.15, 0.2) is 5.78 Å². The molecule has 0 aromatic carbocycles. The molecular weight excluding hydrogens is 240 g/mol. The smallest absolute Gasteiger partial charge is 0.196 e. The Hall–Kier alpha value is -1.94. The third kappa shape index (κ3) is 2.42. The first-order valence-electron chi connectivity index (χ1n) is 4.85. The van der Waals surface area contributed by atoms with E-state index < -0.39 is 0 Å². The molecule has 2 aromatic heterocycles. The number of carbonyl (C=O) groups excluding carboxylic acids is 1. The number of pyridine rings is 2. The number of methoxy groups -OCH3 is 1. The van der Waals surface area contributed by atoms with E-state index >= 15 is 0 Å². The highest BCUT2D eigenvalue weighted by Crippen LogP contribution is 2.19. The first-order valence-corrected chi connectivity index (χ1v) is 5.23. The van der Waals surface area contributed by atoms with E-state index in [1.807, 2.05) is 0 Å². The largest absolute Gasteiger partial charge is 0.495 e. The van der Waals surface area contributed by atoms with Crippen molar-refractivity contribution in [1.82, 2.24) is 9.97 Å². The molecule has 5 heteroatoms. The maximum Gasteiger partial charge on any atom is 0.196 e. The summed E-state index contributed by atoms with van der Waals surface area (Å²) in [4.78, 5) is 19.9. The van der Waals surface area contributed by atoms with Crippen LogP contribution in [0.5, 0.6) is 5.75 Å². The van der Waals surface area contributed by atoms with Gasteiger partial charge in [-0.1, -0.05) is 11.6 Å². The number of rotatable bonds is 3. The van der Waals surface area contributed by atoms with Crippen molar-refractivity contribution in [2.45, 2.75) is 0 Å². The highest BCUT2D eigenvalue weighted by molar-refractivity contribution is 6.34. The molecule has 2 aromatic rings. The zero-order chi connectivity index (χ0) is 12.3. The second-order valence-corrected chi connectivity index (χ2v) is 3.71. The van der Waals surface area contributed by atoms with Crippen LogP contribution in [-0.2, 0) is 0 Å². The molecule has 0 saturated carbocycles. The van der Waals surface area contributed by atoms with E-state index in [-0.39, 0.29) is 5.78 Å². The van der Waals surface area contributed by atoms with Crippen molar-refractivity contribution in [3.05, 3.63) is 53.1 Å². The van der Waals surface area contributed by atoms with E-state index in [0.29, 0.717) is 21.9 Å². The first kappa shape index (κ1) is 11.5. The minimum atomic E-state index is -0.205. The Bertz CT molecular complexity index is 558. The van der Waals surface area contributed by atoms with E-state index in [2.05, 4.69) is 9.97 Å². The molecular formula is C12H9ClN2O2. The Balaban J connectivity index is 2.40. The molecule has 86 valence electrons. The SMILES string of the molecule is COc1cncc(C(=O)c2ccncc2Cl)c1. The number of aromatic nitrogens is 2. The standard InChI is InChI=1S/C12H9ClN2O2/c1-17-9-4-8(5-15-6-9)12(16)10-2-3-14-7-11(10)13/h2-7H,1H3. The van der Waals surface area contributed by atoms with E-state index in [9.17, 15) is 4.79 Å². The normalized spacial score (nSPS) is 10.0. The average Bonchev–Trinajstić information content (AvgIpc) is 2.38. The molecule has 0 bridgehead atoms. The van der Waals surface area contributed by atoms with Crippen LogP contribution in [0.2, 0.25) is 5.02 Å². The lowest BCUT2D eigenvalue weighted by molar-refractivity contribution is 0.103. The molecule has 17 heavy (non-hydrogen) atoms. The molecule has 0 atom stereocenters. The topological polar surface area (TPSA) is 52.1 Å². The fourth-order valence-corrected chi connectivity index (χ4v) is 1.57. The van der Waals surface area contributed by atoms with Gasteiger partial charge in [-0.3, -0.25) is 14.8 Å². The highest BCUT2D eigenvalue weighted by atomic mass is 35.5. The zero-order valence-electron chi connectivity index (χ0n) is 9.05. The molecule has 0 radical (unpaired) electrons. The van der Waals surface area contributed by atoms with Gasteiger partial charge in [0.2, 0.25) is 0 Å². The molecule has 2 heterocycles. The molecule has 4 nitrogen and oxygen atoms in total. The predicted molar refractivity (Wildman–Crippen MR) is 63.5 cm³/mol. The Kier molecular flexibility index (Phi) is 3.35. The third-order valence-electron chi connectivity index (χ3n) is 2.23. The van der Waals surface area contributed by atoms with Crippen molar-refractivity contribution in [3.63, 3.8) is 0 Å². The number of carbonyl (C=O) groups is 1. The molecule has 0 amide bonds. The maximum absolute atomic E-state index is 12.1. The lowest BCUT2D eigenvalue weighted by Crippen LogP contribution is -2.03. The van der Waals surface area contributed by atoms with Crippen LogP contribution in [-0.4, -0.2) is 22.9 Å². The number of nitrogens with zero attached hydrogens (tertiary/aromatic N) is 2. The van der Waals surface area contributed by atoms with Crippen LogP contribution in [0, 0.1) is 0 Å². The molecule has 0 aliphatic heterocycles. The Morgan fingerprint density at radius 3 is 2.82 bits per heavy atom. The fourth-order valence-electron chi connectivity index (χ4n) is 1.37. The molecule has 0 fully saturated rings. The summed E-state index contributed by atoms with van der Waals surface area (Å²) >= 11 is 5.91. The minimum absolute atomic E-state index is 0.205. The first-order chi connectivity index (χ1) is 8.22. The molecule has 2 rings (SSSR count). The number of ether oxygens (including phenoxy) is 1. The van der Waals surface area contributed by atoms with Gasteiger partial charge in [0.25, 0.3) is 0 Å². The number of hydrogen-bond acceptors (Lipinski definition) is 4. The van der Waals surface area contributed by atoms with Crippen molar-refractivity contribution in [1.29, 1.82) is 0 Å². The average molecular weight is 249 g/mol. The van der Waals surface area contributed by atoms with Gasteiger partial charge in [-0.15, -0.1) is 0 Å². The second-order valence-electron chi connectivity index (χ2n) is 3.30. The molecule has 0 unspecified atom stereocenters. The van der Waals surface area contributed by atoms with E-state index in [0.717, 1.165) is 0 Å². The number of halogens is 1. The summed E-state index contributed by atoms with van der Waals surface area (Å²) in [6, 6.07) is 3.19. The van der Waals surface area contributed by atoms with Crippen LogP contribution in [0.4, 0.5) is 0 Å². The summed E-state index contributed by atoms with van der Waals surface area (Å²) in [5.74, 6) is 0.324. The second kappa shape index (κ2) is 4.93. The van der Waals surface area contributed by atoms with Gasteiger partial charge in [0.05, 0.1) is 18.3 Å². The zero-order valence-corrected chi connectivity index (χ0v) is 9.81. The Morgan fingerprint density at radius 1 is 1.29 bits per heavy atom. The minimum Gasteiger partial charge on any atom is -0.495 e. The van der Waals surface area contributed by atoms with Crippen molar-refractivity contribution in [3.8, 4) is 5.75 Å². The van der Waals surface area contributed by atoms with Crippen molar-refractivity contribution < 1.29 is 9.53 Å². The van der Waals surface area contributed by atoms with Crippen LogP contribution in [0.3, 0.4) is 0 Å². The Morgan fingerprint density at radius 2 is 2.12 bits per heavy atom.